The first-order valence-electron chi connectivity index (χ1n) is 7.46. The van der Waals surface area contributed by atoms with Gasteiger partial charge in [-0.15, -0.1) is 0 Å². The van der Waals surface area contributed by atoms with E-state index in [0.29, 0.717) is 18.6 Å². The minimum atomic E-state index is 0.272. The first-order valence-corrected chi connectivity index (χ1v) is 7.46. The van der Waals surface area contributed by atoms with E-state index in [1.54, 1.807) is 0 Å². The van der Waals surface area contributed by atoms with Gasteiger partial charge in [0.15, 0.2) is 0 Å². The zero-order chi connectivity index (χ0) is 13.0. The summed E-state index contributed by atoms with van der Waals surface area (Å²) in [6.45, 7) is 9.13. The number of carbonyl (C=O) groups is 1. The topological polar surface area (TPSA) is 35.6 Å². The standard InChI is InChI=1S/C14H27N3O/c1-3-17(13-6-7-13)14(18)10-15-12(2)11-16-8-4-5-9-16/h12-13,15H,3-11H2,1-2H3. The number of likely N-dealkylation sites (tertiary alicyclic amines) is 1. The molecule has 4 nitrogen and oxygen atoms in total. The second-order valence-electron chi connectivity index (χ2n) is 5.70. The quantitative estimate of drug-likeness (QED) is 0.737. The Morgan fingerprint density at radius 3 is 2.61 bits per heavy atom. The lowest BCUT2D eigenvalue weighted by Gasteiger charge is -2.24. The normalized spacial score (nSPS) is 22.1. The van der Waals surface area contributed by atoms with Crippen molar-refractivity contribution in [3.8, 4) is 0 Å². The highest BCUT2D eigenvalue weighted by Gasteiger charge is 2.31. The Morgan fingerprint density at radius 2 is 2.06 bits per heavy atom. The Bertz CT molecular complexity index is 272. The zero-order valence-electron chi connectivity index (χ0n) is 11.8. The summed E-state index contributed by atoms with van der Waals surface area (Å²) in [4.78, 5) is 16.6. The minimum Gasteiger partial charge on any atom is -0.339 e. The fourth-order valence-electron chi connectivity index (χ4n) is 2.80. The van der Waals surface area contributed by atoms with Crippen LogP contribution in [0.3, 0.4) is 0 Å². The number of nitrogens with one attached hydrogen (secondary N) is 1. The molecule has 1 N–H and O–H groups in total. The van der Waals surface area contributed by atoms with E-state index in [0.717, 1.165) is 13.1 Å². The number of likely N-dealkylation sites (N-methyl/N-ethyl adjacent to an activating group) is 1. The van der Waals surface area contributed by atoms with Crippen LogP contribution in [0.5, 0.6) is 0 Å². The zero-order valence-corrected chi connectivity index (χ0v) is 11.8. The first-order chi connectivity index (χ1) is 8.70. The highest BCUT2D eigenvalue weighted by Crippen LogP contribution is 2.26. The molecule has 1 aliphatic carbocycles. The lowest BCUT2D eigenvalue weighted by molar-refractivity contribution is -0.130. The molecule has 1 atom stereocenters. The monoisotopic (exact) mass is 253 g/mol. The molecule has 0 spiro atoms. The number of nitrogens with zero attached hydrogens (tertiary/aromatic N) is 2. The lowest BCUT2D eigenvalue weighted by atomic mass is 10.3. The molecule has 1 amide bonds. The number of rotatable bonds is 7. The van der Waals surface area contributed by atoms with Crippen LogP contribution in [-0.4, -0.2) is 60.5 Å². The molecule has 0 bridgehead atoms. The van der Waals surface area contributed by atoms with Crippen LogP contribution in [0, 0.1) is 0 Å². The summed E-state index contributed by atoms with van der Waals surface area (Å²) in [5, 5.41) is 3.37. The molecule has 1 aliphatic heterocycles. The Morgan fingerprint density at radius 1 is 1.39 bits per heavy atom. The molecule has 0 aromatic heterocycles. The van der Waals surface area contributed by atoms with Crippen LogP contribution in [-0.2, 0) is 4.79 Å². The highest BCUT2D eigenvalue weighted by atomic mass is 16.2. The molecule has 2 fully saturated rings. The van der Waals surface area contributed by atoms with E-state index < -0.39 is 0 Å². The summed E-state index contributed by atoms with van der Waals surface area (Å²) < 4.78 is 0. The molecule has 2 aliphatic rings. The maximum absolute atomic E-state index is 12.0. The van der Waals surface area contributed by atoms with Crippen molar-refractivity contribution in [2.45, 2.75) is 51.6 Å². The van der Waals surface area contributed by atoms with Gasteiger partial charge >= 0.3 is 0 Å². The third-order valence-electron chi connectivity index (χ3n) is 3.98. The van der Waals surface area contributed by atoms with Gasteiger partial charge in [0.2, 0.25) is 5.91 Å². The summed E-state index contributed by atoms with van der Waals surface area (Å²) >= 11 is 0. The van der Waals surface area contributed by atoms with Crippen LogP contribution in [0.25, 0.3) is 0 Å². The van der Waals surface area contributed by atoms with Crippen molar-refractivity contribution in [2.75, 3.05) is 32.7 Å². The summed E-state index contributed by atoms with van der Waals surface area (Å²) in [6.07, 6.45) is 5.06. The predicted molar refractivity (Wildman–Crippen MR) is 73.5 cm³/mol. The van der Waals surface area contributed by atoms with Gasteiger partial charge in [0, 0.05) is 25.2 Å². The molecule has 18 heavy (non-hydrogen) atoms. The fourth-order valence-corrected chi connectivity index (χ4v) is 2.80. The molecular weight excluding hydrogens is 226 g/mol. The second-order valence-corrected chi connectivity index (χ2v) is 5.70. The van der Waals surface area contributed by atoms with Gasteiger partial charge in [0.1, 0.15) is 0 Å². The van der Waals surface area contributed by atoms with Crippen LogP contribution >= 0.6 is 0 Å². The molecule has 0 aromatic carbocycles. The Hall–Kier alpha value is -0.610. The van der Waals surface area contributed by atoms with Gasteiger partial charge in [-0.25, -0.2) is 0 Å². The summed E-state index contributed by atoms with van der Waals surface area (Å²) in [5.74, 6) is 0.272. The minimum absolute atomic E-state index is 0.272. The Kier molecular flexibility index (Phi) is 5.01. The van der Waals surface area contributed by atoms with Gasteiger partial charge in [-0.3, -0.25) is 4.79 Å². The molecule has 4 heteroatoms. The van der Waals surface area contributed by atoms with Crippen LogP contribution in [0.4, 0.5) is 0 Å². The van der Waals surface area contributed by atoms with E-state index >= 15 is 0 Å². The maximum atomic E-state index is 12.0. The van der Waals surface area contributed by atoms with Crippen molar-refractivity contribution < 1.29 is 4.79 Å². The third kappa shape index (κ3) is 3.95. The van der Waals surface area contributed by atoms with Crippen LogP contribution in [0.15, 0.2) is 0 Å². The van der Waals surface area contributed by atoms with E-state index in [2.05, 4.69) is 24.1 Å². The molecular formula is C14H27N3O. The van der Waals surface area contributed by atoms with Gasteiger partial charge < -0.3 is 15.1 Å². The molecule has 1 saturated carbocycles. The Balaban J connectivity index is 1.64. The molecule has 1 unspecified atom stereocenters. The van der Waals surface area contributed by atoms with E-state index in [4.69, 9.17) is 0 Å². The summed E-state index contributed by atoms with van der Waals surface area (Å²) in [7, 11) is 0. The SMILES string of the molecule is CCN(C(=O)CNC(C)CN1CCCC1)C1CC1. The number of carbonyl (C=O) groups excluding carboxylic acids is 1. The van der Waals surface area contributed by atoms with E-state index in [1.807, 2.05) is 4.90 Å². The molecule has 1 saturated heterocycles. The average molecular weight is 253 g/mol. The highest BCUT2D eigenvalue weighted by molar-refractivity contribution is 5.78. The third-order valence-corrected chi connectivity index (χ3v) is 3.98. The van der Waals surface area contributed by atoms with Crippen molar-refractivity contribution in [3.63, 3.8) is 0 Å². The van der Waals surface area contributed by atoms with Gasteiger partial charge in [-0.1, -0.05) is 0 Å². The molecule has 0 aromatic rings. The average Bonchev–Trinajstić information content (AvgIpc) is 3.05. The summed E-state index contributed by atoms with van der Waals surface area (Å²) in [5.41, 5.74) is 0. The van der Waals surface area contributed by atoms with E-state index in [1.165, 1.54) is 38.8 Å². The van der Waals surface area contributed by atoms with Gasteiger partial charge in [-0.05, 0) is 52.6 Å². The van der Waals surface area contributed by atoms with Crippen molar-refractivity contribution >= 4 is 5.91 Å². The van der Waals surface area contributed by atoms with Crippen LogP contribution in [0.2, 0.25) is 0 Å². The molecule has 2 rings (SSSR count). The van der Waals surface area contributed by atoms with Crippen molar-refractivity contribution in [2.24, 2.45) is 0 Å². The van der Waals surface area contributed by atoms with Crippen LogP contribution in [0.1, 0.15) is 39.5 Å². The predicted octanol–water partition coefficient (Wildman–Crippen LogP) is 1.07. The van der Waals surface area contributed by atoms with E-state index in [-0.39, 0.29) is 5.91 Å². The molecule has 1 heterocycles. The fraction of sp³-hybridized carbons (Fsp3) is 0.929. The summed E-state index contributed by atoms with van der Waals surface area (Å²) in [6, 6.07) is 0.947. The second kappa shape index (κ2) is 6.53. The molecule has 104 valence electrons. The maximum Gasteiger partial charge on any atom is 0.236 e. The Labute approximate surface area is 111 Å². The number of hydrogen-bond acceptors (Lipinski definition) is 3. The van der Waals surface area contributed by atoms with Gasteiger partial charge in [0.05, 0.1) is 6.54 Å². The first kappa shape index (κ1) is 13.8. The van der Waals surface area contributed by atoms with Gasteiger partial charge in [-0.2, -0.15) is 0 Å². The molecule has 0 radical (unpaired) electrons. The largest absolute Gasteiger partial charge is 0.339 e. The van der Waals surface area contributed by atoms with Crippen molar-refractivity contribution in [1.29, 1.82) is 0 Å². The smallest absolute Gasteiger partial charge is 0.236 e. The van der Waals surface area contributed by atoms with E-state index in [9.17, 15) is 4.79 Å². The van der Waals surface area contributed by atoms with Crippen molar-refractivity contribution in [3.05, 3.63) is 0 Å². The van der Waals surface area contributed by atoms with Gasteiger partial charge in [0.25, 0.3) is 0 Å². The number of amides is 1. The number of hydrogen-bond donors (Lipinski definition) is 1. The van der Waals surface area contributed by atoms with Crippen molar-refractivity contribution in [1.82, 2.24) is 15.1 Å². The van der Waals surface area contributed by atoms with Crippen LogP contribution < -0.4 is 5.32 Å². The lowest BCUT2D eigenvalue weighted by Crippen LogP contribution is -2.45.